The summed E-state index contributed by atoms with van der Waals surface area (Å²) in [5.41, 5.74) is 2.61. The number of carbonyl (C=O) groups excluding carboxylic acids is 1. The van der Waals surface area contributed by atoms with Crippen LogP contribution < -0.4 is 0 Å². The van der Waals surface area contributed by atoms with Gasteiger partial charge in [-0.05, 0) is 29.9 Å². The lowest BCUT2D eigenvalue weighted by Gasteiger charge is -2.11. The van der Waals surface area contributed by atoms with Gasteiger partial charge in [-0.15, -0.1) is 0 Å². The molecule has 1 atom stereocenters. The van der Waals surface area contributed by atoms with E-state index in [1.807, 2.05) is 0 Å². The zero-order valence-electron chi connectivity index (χ0n) is 10.1. The second-order valence-electron chi connectivity index (χ2n) is 4.63. The van der Waals surface area contributed by atoms with Gasteiger partial charge in [-0.1, -0.05) is 45.0 Å². The summed E-state index contributed by atoms with van der Waals surface area (Å²) in [4.78, 5) is 11.0. The van der Waals surface area contributed by atoms with Gasteiger partial charge in [0, 0.05) is 6.42 Å². The van der Waals surface area contributed by atoms with Crippen LogP contribution in [0.15, 0.2) is 24.3 Å². The lowest BCUT2D eigenvalue weighted by atomic mass is 9.93. The Morgan fingerprint density at radius 3 is 1.93 bits per heavy atom. The summed E-state index contributed by atoms with van der Waals surface area (Å²) in [6.07, 6.45) is 0.640. The van der Waals surface area contributed by atoms with Gasteiger partial charge in [0.1, 0.15) is 5.78 Å². The van der Waals surface area contributed by atoms with Crippen molar-refractivity contribution in [3.8, 4) is 0 Å². The number of benzene rings is 1. The van der Waals surface area contributed by atoms with Crippen molar-refractivity contribution in [2.24, 2.45) is 0 Å². The first-order chi connectivity index (χ1) is 7.00. The molecule has 0 radical (unpaired) electrons. The molecule has 1 aromatic carbocycles. The van der Waals surface area contributed by atoms with Crippen molar-refractivity contribution in [2.75, 3.05) is 0 Å². The first-order valence-corrected chi connectivity index (χ1v) is 5.60. The summed E-state index contributed by atoms with van der Waals surface area (Å²) < 4.78 is 0. The molecule has 1 rings (SSSR count). The third-order valence-corrected chi connectivity index (χ3v) is 2.77. The maximum atomic E-state index is 11.0. The fourth-order valence-corrected chi connectivity index (χ4v) is 1.76. The van der Waals surface area contributed by atoms with Crippen molar-refractivity contribution in [1.29, 1.82) is 0 Å². The second-order valence-corrected chi connectivity index (χ2v) is 4.63. The number of hydrogen-bond donors (Lipinski definition) is 0. The fourth-order valence-electron chi connectivity index (χ4n) is 1.76. The molecule has 0 aliphatic carbocycles. The Morgan fingerprint density at radius 2 is 1.53 bits per heavy atom. The monoisotopic (exact) mass is 204 g/mol. The van der Waals surface area contributed by atoms with E-state index < -0.39 is 0 Å². The largest absolute Gasteiger partial charge is 0.300 e. The van der Waals surface area contributed by atoms with E-state index in [1.54, 1.807) is 6.92 Å². The highest BCUT2D eigenvalue weighted by atomic mass is 16.1. The highest BCUT2D eigenvalue weighted by molar-refractivity contribution is 5.76. The van der Waals surface area contributed by atoms with E-state index in [4.69, 9.17) is 0 Å². The summed E-state index contributed by atoms with van der Waals surface area (Å²) >= 11 is 0. The minimum absolute atomic E-state index is 0.260. The van der Waals surface area contributed by atoms with Crippen molar-refractivity contribution in [3.63, 3.8) is 0 Å². The molecular formula is C14H20O. The van der Waals surface area contributed by atoms with Crippen molar-refractivity contribution in [2.45, 2.75) is 46.0 Å². The Kier molecular flexibility index (Phi) is 4.07. The van der Waals surface area contributed by atoms with Crippen LogP contribution in [0.4, 0.5) is 0 Å². The Balaban J connectivity index is 2.75. The Morgan fingerprint density at radius 1 is 1.07 bits per heavy atom. The molecule has 0 heterocycles. The van der Waals surface area contributed by atoms with Crippen LogP contribution in [0, 0.1) is 0 Å². The molecule has 0 fully saturated rings. The zero-order valence-corrected chi connectivity index (χ0v) is 10.1. The molecular weight excluding hydrogens is 184 g/mol. The molecule has 15 heavy (non-hydrogen) atoms. The lowest BCUT2D eigenvalue weighted by molar-refractivity contribution is -0.117. The summed E-state index contributed by atoms with van der Waals surface area (Å²) in [5.74, 6) is 1.17. The van der Waals surface area contributed by atoms with Crippen LogP contribution in [0.3, 0.4) is 0 Å². The van der Waals surface area contributed by atoms with E-state index in [9.17, 15) is 4.79 Å². The van der Waals surface area contributed by atoms with Gasteiger partial charge in [0.2, 0.25) is 0 Å². The van der Waals surface area contributed by atoms with Crippen LogP contribution in [0.1, 0.15) is 57.1 Å². The fraction of sp³-hybridized carbons (Fsp3) is 0.500. The molecule has 0 aromatic heterocycles. The van der Waals surface area contributed by atoms with Crippen LogP contribution in [0.2, 0.25) is 0 Å². The number of ketones is 1. The van der Waals surface area contributed by atoms with Crippen molar-refractivity contribution in [3.05, 3.63) is 35.4 Å². The van der Waals surface area contributed by atoms with Gasteiger partial charge in [-0.2, -0.15) is 0 Å². The third-order valence-electron chi connectivity index (χ3n) is 2.77. The third kappa shape index (κ3) is 3.50. The molecule has 0 aliphatic heterocycles. The predicted octanol–water partition coefficient (Wildman–Crippen LogP) is 3.89. The molecule has 0 amide bonds. The van der Waals surface area contributed by atoms with E-state index in [0.717, 1.165) is 0 Å². The van der Waals surface area contributed by atoms with Gasteiger partial charge in [0.05, 0.1) is 0 Å². The average Bonchev–Trinajstić information content (AvgIpc) is 2.17. The molecule has 1 nitrogen and oxygen atoms in total. The van der Waals surface area contributed by atoms with E-state index in [1.165, 1.54) is 11.1 Å². The van der Waals surface area contributed by atoms with E-state index in [-0.39, 0.29) is 5.78 Å². The predicted molar refractivity (Wildman–Crippen MR) is 64.2 cm³/mol. The average molecular weight is 204 g/mol. The Labute approximate surface area is 92.5 Å². The topological polar surface area (TPSA) is 17.1 Å². The van der Waals surface area contributed by atoms with Gasteiger partial charge in [0.25, 0.3) is 0 Å². The second kappa shape index (κ2) is 5.11. The summed E-state index contributed by atoms with van der Waals surface area (Å²) in [5, 5.41) is 0. The number of hydrogen-bond acceptors (Lipinski definition) is 1. The van der Waals surface area contributed by atoms with Gasteiger partial charge < -0.3 is 4.79 Å². The molecule has 0 bridgehead atoms. The number of rotatable bonds is 4. The molecule has 0 spiro atoms. The highest BCUT2D eigenvalue weighted by Crippen LogP contribution is 2.22. The molecule has 1 unspecified atom stereocenters. The van der Waals surface area contributed by atoms with E-state index in [2.05, 4.69) is 45.0 Å². The molecule has 1 aromatic rings. The Bertz CT molecular complexity index is 322. The van der Waals surface area contributed by atoms with Crippen molar-refractivity contribution < 1.29 is 4.79 Å². The zero-order chi connectivity index (χ0) is 11.4. The number of carbonyl (C=O) groups is 1. The van der Waals surface area contributed by atoms with E-state index in [0.29, 0.717) is 18.3 Å². The minimum Gasteiger partial charge on any atom is -0.300 e. The van der Waals surface area contributed by atoms with Crippen LogP contribution in [0.5, 0.6) is 0 Å². The van der Waals surface area contributed by atoms with Crippen LogP contribution in [0.25, 0.3) is 0 Å². The molecule has 82 valence electrons. The molecule has 0 saturated heterocycles. The minimum atomic E-state index is 0.260. The Hall–Kier alpha value is -1.11. The first-order valence-electron chi connectivity index (χ1n) is 5.60. The van der Waals surface area contributed by atoms with E-state index >= 15 is 0 Å². The maximum Gasteiger partial charge on any atom is 0.130 e. The first kappa shape index (κ1) is 12.0. The SMILES string of the molecule is CC(=O)CC(C)c1ccc(C(C)C)cc1. The quantitative estimate of drug-likeness (QED) is 0.727. The van der Waals surface area contributed by atoms with Gasteiger partial charge in [0.15, 0.2) is 0 Å². The van der Waals surface area contributed by atoms with Crippen molar-refractivity contribution in [1.82, 2.24) is 0 Å². The molecule has 0 saturated carbocycles. The normalized spacial score (nSPS) is 12.9. The summed E-state index contributed by atoms with van der Waals surface area (Å²) in [6, 6.07) is 8.61. The van der Waals surface area contributed by atoms with Gasteiger partial charge >= 0.3 is 0 Å². The van der Waals surface area contributed by atoms with Gasteiger partial charge in [-0.3, -0.25) is 0 Å². The summed E-state index contributed by atoms with van der Waals surface area (Å²) in [6.45, 7) is 8.13. The standard InChI is InChI=1S/C14H20O/c1-10(2)13-5-7-14(8-6-13)11(3)9-12(4)15/h5-8,10-11H,9H2,1-4H3. The van der Waals surface area contributed by atoms with Crippen molar-refractivity contribution >= 4 is 5.78 Å². The number of Topliss-reactive ketones (excluding diaryl/α,β-unsaturated/α-hetero) is 1. The van der Waals surface area contributed by atoms with Crippen LogP contribution in [-0.4, -0.2) is 5.78 Å². The lowest BCUT2D eigenvalue weighted by Crippen LogP contribution is -2.00. The molecule has 0 aliphatic rings. The summed E-state index contributed by atoms with van der Waals surface area (Å²) in [7, 11) is 0. The maximum absolute atomic E-state index is 11.0. The van der Waals surface area contributed by atoms with Crippen LogP contribution in [-0.2, 0) is 4.79 Å². The molecule has 1 heteroatoms. The molecule has 0 N–H and O–H groups in total. The smallest absolute Gasteiger partial charge is 0.130 e. The highest BCUT2D eigenvalue weighted by Gasteiger charge is 2.08. The van der Waals surface area contributed by atoms with Gasteiger partial charge in [-0.25, -0.2) is 0 Å². The van der Waals surface area contributed by atoms with Crippen LogP contribution >= 0.6 is 0 Å².